The van der Waals surface area contributed by atoms with Crippen molar-refractivity contribution in [1.82, 2.24) is 20.4 Å². The standard InChI is InChI=1S/C19H26N4O4/c1-3-13-5-4-6-15(9-13)27-8-7-22(2)19(26)21-14-10-16-18(25)20-11-17(24)23(16)12-14/h4-6,9,14,16H,3,7-8,10-12H2,1-2H3,(H,20,25)(H,21,26)/t14-,16+/m1/s1. The molecule has 8 nitrogen and oxygen atoms in total. The smallest absolute Gasteiger partial charge is 0.317 e. The Hall–Kier alpha value is -2.77. The molecule has 0 saturated carbocycles. The van der Waals surface area contributed by atoms with Crippen molar-refractivity contribution in [2.75, 3.05) is 33.3 Å². The lowest BCUT2D eigenvalue weighted by atomic mass is 10.1. The summed E-state index contributed by atoms with van der Waals surface area (Å²) in [5.41, 5.74) is 1.20. The molecule has 146 valence electrons. The van der Waals surface area contributed by atoms with Crippen LogP contribution in [0.15, 0.2) is 24.3 Å². The number of carbonyl (C=O) groups is 3. The number of carbonyl (C=O) groups excluding carboxylic acids is 3. The maximum absolute atomic E-state index is 12.4. The lowest BCUT2D eigenvalue weighted by Crippen LogP contribution is -2.55. The zero-order chi connectivity index (χ0) is 19.4. The minimum Gasteiger partial charge on any atom is -0.492 e. The molecule has 2 fully saturated rings. The van der Waals surface area contributed by atoms with E-state index in [0.717, 1.165) is 12.2 Å². The highest BCUT2D eigenvalue weighted by atomic mass is 16.5. The van der Waals surface area contributed by atoms with E-state index in [4.69, 9.17) is 4.74 Å². The summed E-state index contributed by atoms with van der Waals surface area (Å²) in [7, 11) is 1.70. The molecule has 2 N–H and O–H groups in total. The molecule has 2 saturated heterocycles. The first-order chi connectivity index (χ1) is 13.0. The van der Waals surface area contributed by atoms with Gasteiger partial charge in [-0.05, 0) is 30.5 Å². The van der Waals surface area contributed by atoms with Gasteiger partial charge in [0.05, 0.1) is 19.1 Å². The maximum atomic E-state index is 12.4. The van der Waals surface area contributed by atoms with Gasteiger partial charge in [-0.15, -0.1) is 0 Å². The van der Waals surface area contributed by atoms with Crippen LogP contribution in [0.5, 0.6) is 5.75 Å². The fourth-order valence-electron chi connectivity index (χ4n) is 3.39. The molecule has 4 amide bonds. The first-order valence-electron chi connectivity index (χ1n) is 9.28. The van der Waals surface area contributed by atoms with Crippen LogP contribution in [0.25, 0.3) is 0 Å². The third-order valence-corrected chi connectivity index (χ3v) is 5.01. The Labute approximate surface area is 158 Å². The SMILES string of the molecule is CCc1cccc(OCCN(C)C(=O)N[C@@H]2C[C@H]3C(=O)NCC(=O)N3C2)c1. The Kier molecular flexibility index (Phi) is 5.83. The number of piperazine rings is 1. The second-order valence-corrected chi connectivity index (χ2v) is 6.93. The van der Waals surface area contributed by atoms with E-state index >= 15 is 0 Å². The molecule has 1 aromatic rings. The van der Waals surface area contributed by atoms with E-state index in [9.17, 15) is 14.4 Å². The lowest BCUT2D eigenvalue weighted by molar-refractivity contribution is -0.143. The summed E-state index contributed by atoms with van der Waals surface area (Å²) in [6.07, 6.45) is 1.39. The number of likely N-dealkylation sites (N-methyl/N-ethyl adjacent to an activating group) is 1. The molecule has 0 bridgehead atoms. The zero-order valence-electron chi connectivity index (χ0n) is 15.7. The average Bonchev–Trinajstić information content (AvgIpc) is 3.10. The molecule has 8 heteroatoms. The predicted molar refractivity (Wildman–Crippen MR) is 99.4 cm³/mol. The van der Waals surface area contributed by atoms with E-state index in [1.807, 2.05) is 24.3 Å². The number of nitrogens with one attached hydrogen (secondary N) is 2. The van der Waals surface area contributed by atoms with Crippen LogP contribution < -0.4 is 15.4 Å². The van der Waals surface area contributed by atoms with Crippen LogP contribution in [0, 0.1) is 0 Å². The summed E-state index contributed by atoms with van der Waals surface area (Å²) in [5, 5.41) is 5.48. The third-order valence-electron chi connectivity index (χ3n) is 5.01. The number of amides is 4. The first kappa shape index (κ1) is 19.0. The summed E-state index contributed by atoms with van der Waals surface area (Å²) >= 11 is 0. The van der Waals surface area contributed by atoms with Gasteiger partial charge in [0.25, 0.3) is 0 Å². The van der Waals surface area contributed by atoms with Gasteiger partial charge in [-0.3, -0.25) is 9.59 Å². The highest BCUT2D eigenvalue weighted by Gasteiger charge is 2.42. The summed E-state index contributed by atoms with van der Waals surface area (Å²) in [4.78, 5) is 39.2. The summed E-state index contributed by atoms with van der Waals surface area (Å²) < 4.78 is 5.72. The Bertz CT molecular complexity index is 699. The summed E-state index contributed by atoms with van der Waals surface area (Å²) in [6, 6.07) is 6.96. The molecular weight excluding hydrogens is 348 g/mol. The topological polar surface area (TPSA) is 91.0 Å². The fraction of sp³-hybridized carbons (Fsp3) is 0.526. The van der Waals surface area contributed by atoms with Crippen LogP contribution in [0.1, 0.15) is 18.9 Å². The van der Waals surface area contributed by atoms with Gasteiger partial charge in [-0.2, -0.15) is 0 Å². The average molecular weight is 374 g/mol. The van der Waals surface area contributed by atoms with E-state index in [-0.39, 0.29) is 30.4 Å². The molecule has 2 atom stereocenters. The molecule has 0 unspecified atom stereocenters. The van der Waals surface area contributed by atoms with Crippen molar-refractivity contribution < 1.29 is 19.1 Å². The van der Waals surface area contributed by atoms with Gasteiger partial charge in [-0.1, -0.05) is 19.1 Å². The minimum absolute atomic E-state index is 0.0342. The fourth-order valence-corrected chi connectivity index (χ4v) is 3.39. The molecule has 2 aliphatic rings. The van der Waals surface area contributed by atoms with E-state index < -0.39 is 6.04 Å². The quantitative estimate of drug-likeness (QED) is 0.753. The number of rotatable bonds is 6. The third kappa shape index (κ3) is 4.50. The summed E-state index contributed by atoms with van der Waals surface area (Å²) in [5.74, 6) is 0.537. The van der Waals surface area contributed by atoms with Crippen LogP contribution >= 0.6 is 0 Å². The van der Waals surface area contributed by atoms with Gasteiger partial charge in [0, 0.05) is 13.6 Å². The Morgan fingerprint density at radius 3 is 2.96 bits per heavy atom. The van der Waals surface area contributed by atoms with E-state index in [1.165, 1.54) is 5.56 Å². The number of ether oxygens (including phenoxy) is 1. The Balaban J connectivity index is 1.44. The van der Waals surface area contributed by atoms with Crippen molar-refractivity contribution in [3.05, 3.63) is 29.8 Å². The molecule has 2 aliphatic heterocycles. The van der Waals surface area contributed by atoms with Crippen LogP contribution in [-0.4, -0.2) is 73.0 Å². The Morgan fingerprint density at radius 2 is 2.22 bits per heavy atom. The number of nitrogens with zero attached hydrogens (tertiary/aromatic N) is 2. The van der Waals surface area contributed by atoms with Crippen LogP contribution in [0.3, 0.4) is 0 Å². The molecule has 2 heterocycles. The van der Waals surface area contributed by atoms with Crippen LogP contribution in [0.4, 0.5) is 4.79 Å². The van der Waals surface area contributed by atoms with Crippen molar-refractivity contribution in [3.8, 4) is 5.75 Å². The second kappa shape index (κ2) is 8.28. The number of benzene rings is 1. The Morgan fingerprint density at radius 1 is 1.41 bits per heavy atom. The second-order valence-electron chi connectivity index (χ2n) is 6.93. The van der Waals surface area contributed by atoms with Crippen LogP contribution in [-0.2, 0) is 16.0 Å². The molecule has 0 spiro atoms. The number of hydrogen-bond donors (Lipinski definition) is 2. The first-order valence-corrected chi connectivity index (χ1v) is 9.28. The predicted octanol–water partition coefficient (Wildman–Crippen LogP) is 0.369. The minimum atomic E-state index is -0.476. The highest BCUT2D eigenvalue weighted by Crippen LogP contribution is 2.20. The van der Waals surface area contributed by atoms with Crippen molar-refractivity contribution >= 4 is 17.8 Å². The maximum Gasteiger partial charge on any atom is 0.317 e. The van der Waals surface area contributed by atoms with Gasteiger partial charge in [0.1, 0.15) is 18.4 Å². The molecular formula is C19H26N4O4. The van der Waals surface area contributed by atoms with Gasteiger partial charge in [0.2, 0.25) is 11.8 Å². The molecule has 27 heavy (non-hydrogen) atoms. The van der Waals surface area contributed by atoms with Crippen molar-refractivity contribution in [1.29, 1.82) is 0 Å². The van der Waals surface area contributed by atoms with Gasteiger partial charge in [0.15, 0.2) is 0 Å². The highest BCUT2D eigenvalue weighted by molar-refractivity contribution is 5.95. The van der Waals surface area contributed by atoms with Crippen molar-refractivity contribution in [2.45, 2.75) is 31.8 Å². The van der Waals surface area contributed by atoms with E-state index in [2.05, 4.69) is 17.6 Å². The van der Waals surface area contributed by atoms with Crippen LogP contribution in [0.2, 0.25) is 0 Å². The summed E-state index contributed by atoms with van der Waals surface area (Å²) in [6.45, 7) is 3.31. The molecule has 0 radical (unpaired) electrons. The van der Waals surface area contributed by atoms with Gasteiger partial charge in [-0.25, -0.2) is 4.79 Å². The normalized spacial score (nSPS) is 21.5. The number of fused-ring (bicyclic) bond motifs is 1. The monoisotopic (exact) mass is 374 g/mol. The van der Waals surface area contributed by atoms with Crippen molar-refractivity contribution in [2.24, 2.45) is 0 Å². The van der Waals surface area contributed by atoms with Gasteiger partial charge >= 0.3 is 6.03 Å². The largest absolute Gasteiger partial charge is 0.492 e. The van der Waals surface area contributed by atoms with E-state index in [1.54, 1.807) is 16.8 Å². The van der Waals surface area contributed by atoms with Crippen molar-refractivity contribution in [3.63, 3.8) is 0 Å². The van der Waals surface area contributed by atoms with Gasteiger partial charge < -0.3 is 25.2 Å². The lowest BCUT2D eigenvalue weighted by Gasteiger charge is -2.28. The zero-order valence-corrected chi connectivity index (χ0v) is 15.7. The molecule has 1 aromatic carbocycles. The molecule has 0 aliphatic carbocycles. The molecule has 3 rings (SSSR count). The number of hydrogen-bond acceptors (Lipinski definition) is 4. The molecule has 0 aromatic heterocycles. The van der Waals surface area contributed by atoms with E-state index in [0.29, 0.717) is 26.1 Å². The number of urea groups is 1. The number of aryl methyl sites for hydroxylation is 1.